The van der Waals surface area contributed by atoms with E-state index in [2.05, 4.69) is 20.3 Å². The fourth-order valence-electron chi connectivity index (χ4n) is 1.61. The summed E-state index contributed by atoms with van der Waals surface area (Å²) >= 11 is 1.57. The molecule has 0 atom stereocenters. The highest BCUT2D eigenvalue weighted by Crippen LogP contribution is 2.25. The summed E-state index contributed by atoms with van der Waals surface area (Å²) in [6, 6.07) is 9.92. The summed E-state index contributed by atoms with van der Waals surface area (Å²) in [5, 5.41) is 4.25. The second kappa shape index (κ2) is 4.10. The molecule has 3 aromatic rings. The molecule has 0 aliphatic rings. The maximum Gasteiger partial charge on any atom is 0.161 e. The first-order chi connectivity index (χ1) is 8.33. The van der Waals surface area contributed by atoms with Crippen molar-refractivity contribution in [2.45, 2.75) is 6.92 Å². The van der Waals surface area contributed by atoms with Crippen molar-refractivity contribution in [3.8, 4) is 0 Å². The molecule has 84 valence electrons. The Labute approximate surface area is 102 Å². The fourth-order valence-corrected chi connectivity index (χ4v) is 2.36. The quantitative estimate of drug-likeness (QED) is 0.750. The molecule has 17 heavy (non-hydrogen) atoms. The van der Waals surface area contributed by atoms with Gasteiger partial charge in [0.2, 0.25) is 0 Å². The topological polar surface area (TPSA) is 50.7 Å². The molecule has 0 aliphatic heterocycles. The van der Waals surface area contributed by atoms with Crippen LogP contribution < -0.4 is 5.32 Å². The van der Waals surface area contributed by atoms with E-state index in [9.17, 15) is 0 Å². The maximum atomic E-state index is 4.44. The number of aromatic nitrogens is 3. The summed E-state index contributed by atoms with van der Waals surface area (Å²) in [6.07, 6.45) is 1.56. The predicted octanol–water partition coefficient (Wildman–Crippen LogP) is 3.14. The number of aryl methyl sites for hydroxylation is 1. The molecule has 0 spiro atoms. The van der Waals surface area contributed by atoms with Crippen LogP contribution >= 0.6 is 11.3 Å². The summed E-state index contributed by atoms with van der Waals surface area (Å²) in [6.45, 7) is 1.97. The van der Waals surface area contributed by atoms with Gasteiger partial charge in [-0.05, 0) is 19.1 Å². The van der Waals surface area contributed by atoms with Gasteiger partial charge in [0, 0.05) is 5.69 Å². The number of para-hydroxylation sites is 1. The molecule has 0 aliphatic carbocycles. The Morgan fingerprint density at radius 2 is 1.94 bits per heavy atom. The second-order valence-corrected chi connectivity index (χ2v) is 4.78. The number of nitrogens with one attached hydrogen (secondary N) is 1. The standard InChI is InChI=1S/C12H10N4S/c1-8-15-10-11(13-7-14-12(10)17-8)16-9-5-3-2-4-6-9/h2-7H,1H3,(H,13,14,16). The molecule has 2 heterocycles. The highest BCUT2D eigenvalue weighted by Gasteiger charge is 2.08. The van der Waals surface area contributed by atoms with E-state index >= 15 is 0 Å². The van der Waals surface area contributed by atoms with Crippen molar-refractivity contribution in [2.75, 3.05) is 5.32 Å². The molecule has 0 unspecified atom stereocenters. The van der Waals surface area contributed by atoms with E-state index in [0.29, 0.717) is 0 Å². The number of hydrogen-bond donors (Lipinski definition) is 1. The number of thiazole rings is 1. The van der Waals surface area contributed by atoms with E-state index in [1.807, 2.05) is 37.3 Å². The van der Waals surface area contributed by atoms with E-state index in [4.69, 9.17) is 0 Å². The van der Waals surface area contributed by atoms with Crippen LogP contribution in [0.1, 0.15) is 5.01 Å². The van der Waals surface area contributed by atoms with Crippen molar-refractivity contribution >= 4 is 33.2 Å². The third kappa shape index (κ3) is 1.97. The van der Waals surface area contributed by atoms with Gasteiger partial charge in [-0.2, -0.15) is 0 Å². The van der Waals surface area contributed by atoms with Gasteiger partial charge < -0.3 is 5.32 Å². The Morgan fingerprint density at radius 3 is 2.76 bits per heavy atom. The Bertz CT molecular complexity index is 648. The molecular weight excluding hydrogens is 232 g/mol. The van der Waals surface area contributed by atoms with Gasteiger partial charge in [0.25, 0.3) is 0 Å². The first-order valence-corrected chi connectivity index (χ1v) is 6.05. The summed E-state index contributed by atoms with van der Waals surface area (Å²) in [4.78, 5) is 13.8. The van der Waals surface area contributed by atoms with Crippen LogP contribution in [0, 0.1) is 6.92 Å². The van der Waals surface area contributed by atoms with Crippen molar-refractivity contribution in [2.24, 2.45) is 0 Å². The van der Waals surface area contributed by atoms with Gasteiger partial charge in [0.1, 0.15) is 16.7 Å². The Hall–Kier alpha value is -2.01. The van der Waals surface area contributed by atoms with Gasteiger partial charge in [-0.3, -0.25) is 0 Å². The summed E-state index contributed by atoms with van der Waals surface area (Å²) in [7, 11) is 0. The van der Waals surface area contributed by atoms with Gasteiger partial charge in [0.15, 0.2) is 5.82 Å². The molecular formula is C12H10N4S. The monoisotopic (exact) mass is 242 g/mol. The molecule has 2 aromatic heterocycles. The number of fused-ring (bicyclic) bond motifs is 1. The lowest BCUT2D eigenvalue weighted by atomic mass is 10.3. The number of rotatable bonds is 2. The first kappa shape index (κ1) is 10.2. The van der Waals surface area contributed by atoms with Crippen LogP contribution in [0.4, 0.5) is 11.5 Å². The van der Waals surface area contributed by atoms with E-state index in [0.717, 1.165) is 26.9 Å². The maximum absolute atomic E-state index is 4.44. The van der Waals surface area contributed by atoms with Crippen molar-refractivity contribution < 1.29 is 0 Å². The van der Waals surface area contributed by atoms with Crippen LogP contribution in [0.25, 0.3) is 10.3 Å². The van der Waals surface area contributed by atoms with E-state index in [1.54, 1.807) is 17.7 Å². The fraction of sp³-hybridized carbons (Fsp3) is 0.0833. The van der Waals surface area contributed by atoms with E-state index in [1.165, 1.54) is 0 Å². The minimum Gasteiger partial charge on any atom is -0.338 e. The third-order valence-electron chi connectivity index (χ3n) is 2.34. The minimum absolute atomic E-state index is 0.755. The molecule has 0 fully saturated rings. The zero-order valence-corrected chi connectivity index (χ0v) is 10.0. The summed E-state index contributed by atoms with van der Waals surface area (Å²) in [5.74, 6) is 0.755. The van der Waals surface area contributed by atoms with Gasteiger partial charge >= 0.3 is 0 Å². The molecule has 1 aromatic carbocycles. The lowest BCUT2D eigenvalue weighted by molar-refractivity contribution is 1.21. The highest BCUT2D eigenvalue weighted by atomic mass is 32.1. The van der Waals surface area contributed by atoms with Crippen molar-refractivity contribution in [3.05, 3.63) is 41.7 Å². The highest BCUT2D eigenvalue weighted by molar-refractivity contribution is 7.18. The Morgan fingerprint density at radius 1 is 1.12 bits per heavy atom. The lowest BCUT2D eigenvalue weighted by Crippen LogP contribution is -1.94. The zero-order chi connectivity index (χ0) is 11.7. The molecule has 4 nitrogen and oxygen atoms in total. The SMILES string of the molecule is Cc1nc2c(Nc3ccccc3)ncnc2s1. The van der Waals surface area contributed by atoms with Crippen molar-refractivity contribution in [1.29, 1.82) is 0 Å². The Balaban J connectivity index is 2.06. The van der Waals surface area contributed by atoms with Crippen molar-refractivity contribution in [3.63, 3.8) is 0 Å². The smallest absolute Gasteiger partial charge is 0.161 e. The summed E-state index contributed by atoms with van der Waals surface area (Å²) < 4.78 is 0. The molecule has 0 saturated heterocycles. The van der Waals surface area contributed by atoms with E-state index in [-0.39, 0.29) is 0 Å². The first-order valence-electron chi connectivity index (χ1n) is 5.23. The third-order valence-corrected chi connectivity index (χ3v) is 3.22. The second-order valence-electron chi connectivity index (χ2n) is 3.60. The van der Waals surface area contributed by atoms with Crippen LogP contribution in [0.3, 0.4) is 0 Å². The van der Waals surface area contributed by atoms with Crippen LogP contribution in [0.15, 0.2) is 36.7 Å². The van der Waals surface area contributed by atoms with Crippen LogP contribution in [-0.2, 0) is 0 Å². The zero-order valence-electron chi connectivity index (χ0n) is 9.21. The molecule has 0 radical (unpaired) electrons. The lowest BCUT2D eigenvalue weighted by Gasteiger charge is -2.04. The minimum atomic E-state index is 0.755. The Kier molecular flexibility index (Phi) is 2.45. The molecule has 3 rings (SSSR count). The molecule has 1 N–H and O–H groups in total. The van der Waals surface area contributed by atoms with Gasteiger partial charge in [-0.1, -0.05) is 29.5 Å². The predicted molar refractivity (Wildman–Crippen MR) is 69.7 cm³/mol. The molecule has 0 amide bonds. The van der Waals surface area contributed by atoms with Crippen LogP contribution in [0.5, 0.6) is 0 Å². The van der Waals surface area contributed by atoms with Gasteiger partial charge in [-0.25, -0.2) is 15.0 Å². The molecule has 5 heteroatoms. The molecule has 0 saturated carbocycles. The molecule has 0 bridgehead atoms. The van der Waals surface area contributed by atoms with Crippen LogP contribution in [-0.4, -0.2) is 15.0 Å². The van der Waals surface area contributed by atoms with E-state index < -0.39 is 0 Å². The number of anilines is 2. The van der Waals surface area contributed by atoms with Gasteiger partial charge in [0.05, 0.1) is 5.01 Å². The normalized spacial score (nSPS) is 10.6. The summed E-state index contributed by atoms with van der Waals surface area (Å²) in [5.41, 5.74) is 1.83. The number of nitrogens with zero attached hydrogens (tertiary/aromatic N) is 3. The average molecular weight is 242 g/mol. The number of hydrogen-bond acceptors (Lipinski definition) is 5. The van der Waals surface area contributed by atoms with Crippen molar-refractivity contribution in [1.82, 2.24) is 15.0 Å². The number of benzene rings is 1. The average Bonchev–Trinajstić information content (AvgIpc) is 2.72. The van der Waals surface area contributed by atoms with Gasteiger partial charge in [-0.15, -0.1) is 0 Å². The van der Waals surface area contributed by atoms with Crippen LogP contribution in [0.2, 0.25) is 0 Å². The largest absolute Gasteiger partial charge is 0.338 e.